The van der Waals surface area contributed by atoms with Crippen LogP contribution in [0.2, 0.25) is 0 Å². The first kappa shape index (κ1) is 19.1. The number of amides is 2. The molecule has 0 aliphatic carbocycles. The molecular formula is C17H12F3N3O2S2. The van der Waals surface area contributed by atoms with E-state index in [1.54, 1.807) is 10.7 Å². The van der Waals surface area contributed by atoms with Crippen molar-refractivity contribution in [1.29, 1.82) is 0 Å². The van der Waals surface area contributed by atoms with Gasteiger partial charge in [-0.3, -0.25) is 9.59 Å². The minimum Gasteiger partial charge on any atom is -0.343 e. The summed E-state index contributed by atoms with van der Waals surface area (Å²) in [5.41, 5.74) is 1.43. The quantitative estimate of drug-likeness (QED) is 0.653. The molecule has 2 heterocycles. The zero-order chi connectivity index (χ0) is 19.4. The van der Waals surface area contributed by atoms with Gasteiger partial charge in [0.25, 0.3) is 11.8 Å². The normalized spacial score (nSPS) is 11.2. The Morgan fingerprint density at radius 3 is 2.63 bits per heavy atom. The van der Waals surface area contributed by atoms with Gasteiger partial charge in [-0.2, -0.15) is 24.5 Å². The first-order chi connectivity index (χ1) is 12.8. The second-order valence-corrected chi connectivity index (χ2v) is 7.02. The molecule has 0 aliphatic rings. The van der Waals surface area contributed by atoms with Crippen LogP contribution in [0.3, 0.4) is 0 Å². The van der Waals surface area contributed by atoms with E-state index in [0.29, 0.717) is 5.01 Å². The van der Waals surface area contributed by atoms with Crippen molar-refractivity contribution in [3.05, 3.63) is 57.7 Å². The Kier molecular flexibility index (Phi) is 5.57. The molecule has 0 saturated heterocycles. The molecule has 5 nitrogen and oxygen atoms in total. The standard InChI is InChI=1S/C17H12F3N3O2S2/c18-17(19,20)9-21-14(24)10-2-1-3-12(6-10)22-15(25)13-8-27-16(23-13)11-4-5-26-7-11/h1-8H,9H2,(H,21,24)(H,22,25). The summed E-state index contributed by atoms with van der Waals surface area (Å²) in [4.78, 5) is 28.4. The van der Waals surface area contributed by atoms with Crippen LogP contribution in [-0.4, -0.2) is 29.5 Å². The van der Waals surface area contributed by atoms with Crippen molar-refractivity contribution in [1.82, 2.24) is 10.3 Å². The van der Waals surface area contributed by atoms with E-state index in [1.165, 1.54) is 46.9 Å². The van der Waals surface area contributed by atoms with E-state index < -0.39 is 24.5 Å². The molecule has 27 heavy (non-hydrogen) atoms. The predicted octanol–water partition coefficient (Wildman–Crippen LogP) is 4.42. The van der Waals surface area contributed by atoms with E-state index in [-0.39, 0.29) is 16.9 Å². The third-order valence-electron chi connectivity index (χ3n) is 3.34. The van der Waals surface area contributed by atoms with Gasteiger partial charge in [0, 0.05) is 27.6 Å². The summed E-state index contributed by atoms with van der Waals surface area (Å²) < 4.78 is 36.6. The van der Waals surface area contributed by atoms with Crippen LogP contribution in [0.25, 0.3) is 10.6 Å². The highest BCUT2D eigenvalue weighted by Gasteiger charge is 2.28. The number of hydrogen-bond donors (Lipinski definition) is 2. The van der Waals surface area contributed by atoms with E-state index in [1.807, 2.05) is 16.8 Å². The molecule has 2 amide bonds. The molecule has 2 N–H and O–H groups in total. The van der Waals surface area contributed by atoms with Gasteiger partial charge in [-0.15, -0.1) is 11.3 Å². The van der Waals surface area contributed by atoms with E-state index in [2.05, 4.69) is 10.3 Å². The molecule has 1 aromatic carbocycles. The van der Waals surface area contributed by atoms with Crippen LogP contribution in [0, 0.1) is 0 Å². The Morgan fingerprint density at radius 1 is 1.11 bits per heavy atom. The molecule has 0 radical (unpaired) electrons. The number of halogens is 3. The molecule has 0 aliphatic heterocycles. The molecule has 0 fully saturated rings. The lowest BCUT2D eigenvalue weighted by Gasteiger charge is -2.09. The van der Waals surface area contributed by atoms with E-state index in [0.717, 1.165) is 5.56 Å². The lowest BCUT2D eigenvalue weighted by atomic mass is 10.2. The van der Waals surface area contributed by atoms with Gasteiger partial charge in [0.05, 0.1) is 0 Å². The van der Waals surface area contributed by atoms with E-state index in [9.17, 15) is 22.8 Å². The van der Waals surface area contributed by atoms with E-state index in [4.69, 9.17) is 0 Å². The van der Waals surface area contributed by atoms with Crippen LogP contribution in [0.1, 0.15) is 20.8 Å². The van der Waals surface area contributed by atoms with Crippen molar-refractivity contribution in [2.24, 2.45) is 0 Å². The van der Waals surface area contributed by atoms with Crippen molar-refractivity contribution in [2.75, 3.05) is 11.9 Å². The third kappa shape index (κ3) is 5.14. The Labute approximate surface area is 159 Å². The highest BCUT2D eigenvalue weighted by molar-refractivity contribution is 7.14. The molecule has 0 bridgehead atoms. The number of carbonyl (C=O) groups is 2. The van der Waals surface area contributed by atoms with Gasteiger partial charge in [-0.25, -0.2) is 4.98 Å². The summed E-state index contributed by atoms with van der Waals surface area (Å²) in [5.74, 6) is -1.35. The molecular weight excluding hydrogens is 399 g/mol. The number of rotatable bonds is 5. The second-order valence-electron chi connectivity index (χ2n) is 5.38. The van der Waals surface area contributed by atoms with Gasteiger partial charge in [0.1, 0.15) is 17.2 Å². The maximum Gasteiger partial charge on any atom is 0.405 e. The molecule has 3 aromatic rings. The number of thiazole rings is 1. The fourth-order valence-corrected chi connectivity index (χ4v) is 3.62. The number of aromatic nitrogens is 1. The first-order valence-corrected chi connectivity index (χ1v) is 9.38. The Hall–Kier alpha value is -2.72. The zero-order valence-corrected chi connectivity index (χ0v) is 15.2. The van der Waals surface area contributed by atoms with Gasteiger partial charge in [-0.05, 0) is 29.6 Å². The van der Waals surface area contributed by atoms with Gasteiger partial charge in [-0.1, -0.05) is 6.07 Å². The highest BCUT2D eigenvalue weighted by Crippen LogP contribution is 2.26. The molecule has 10 heteroatoms. The average molecular weight is 411 g/mol. The second kappa shape index (κ2) is 7.89. The predicted molar refractivity (Wildman–Crippen MR) is 98.2 cm³/mol. The van der Waals surface area contributed by atoms with Gasteiger partial charge < -0.3 is 10.6 Å². The summed E-state index contributed by atoms with van der Waals surface area (Å²) in [5, 5.41) is 10.5. The number of benzene rings is 1. The van der Waals surface area contributed by atoms with Gasteiger partial charge >= 0.3 is 6.18 Å². The number of alkyl halides is 3. The Morgan fingerprint density at radius 2 is 1.93 bits per heavy atom. The summed E-state index contributed by atoms with van der Waals surface area (Å²) in [6.45, 7) is -1.42. The summed E-state index contributed by atoms with van der Waals surface area (Å²) in [6.07, 6.45) is -4.49. The van der Waals surface area contributed by atoms with Crippen LogP contribution in [0.4, 0.5) is 18.9 Å². The van der Waals surface area contributed by atoms with Gasteiger partial charge in [0.2, 0.25) is 0 Å². The van der Waals surface area contributed by atoms with Crippen molar-refractivity contribution < 1.29 is 22.8 Å². The van der Waals surface area contributed by atoms with Crippen LogP contribution in [0.15, 0.2) is 46.5 Å². The molecule has 140 valence electrons. The number of nitrogens with zero attached hydrogens (tertiary/aromatic N) is 1. The molecule has 0 saturated carbocycles. The average Bonchev–Trinajstić information content (AvgIpc) is 3.30. The number of hydrogen-bond acceptors (Lipinski definition) is 5. The smallest absolute Gasteiger partial charge is 0.343 e. The Bertz CT molecular complexity index is 952. The number of thiophene rings is 1. The topological polar surface area (TPSA) is 71.1 Å². The molecule has 2 aromatic heterocycles. The lowest BCUT2D eigenvalue weighted by Crippen LogP contribution is -2.33. The fourth-order valence-electron chi connectivity index (χ4n) is 2.11. The summed E-state index contributed by atoms with van der Waals surface area (Å²) in [6, 6.07) is 7.56. The zero-order valence-electron chi connectivity index (χ0n) is 13.5. The largest absolute Gasteiger partial charge is 0.405 e. The van der Waals surface area contributed by atoms with E-state index >= 15 is 0 Å². The molecule has 0 atom stereocenters. The summed E-state index contributed by atoms with van der Waals surface area (Å²) in [7, 11) is 0. The maximum atomic E-state index is 12.3. The monoisotopic (exact) mass is 411 g/mol. The van der Waals surface area contributed by atoms with Crippen molar-refractivity contribution in [3.8, 4) is 10.6 Å². The fraction of sp³-hybridized carbons (Fsp3) is 0.118. The van der Waals surface area contributed by atoms with Crippen molar-refractivity contribution in [3.63, 3.8) is 0 Å². The number of carbonyl (C=O) groups excluding carboxylic acids is 2. The van der Waals surface area contributed by atoms with Gasteiger partial charge in [0.15, 0.2) is 0 Å². The highest BCUT2D eigenvalue weighted by atomic mass is 32.1. The van der Waals surface area contributed by atoms with Crippen LogP contribution >= 0.6 is 22.7 Å². The van der Waals surface area contributed by atoms with Crippen molar-refractivity contribution in [2.45, 2.75) is 6.18 Å². The van der Waals surface area contributed by atoms with Crippen LogP contribution in [-0.2, 0) is 0 Å². The minimum atomic E-state index is -4.49. The van der Waals surface area contributed by atoms with Crippen LogP contribution < -0.4 is 10.6 Å². The number of nitrogens with one attached hydrogen (secondary N) is 2. The molecule has 0 spiro atoms. The lowest BCUT2D eigenvalue weighted by molar-refractivity contribution is -0.123. The summed E-state index contributed by atoms with van der Waals surface area (Å²) >= 11 is 2.85. The van der Waals surface area contributed by atoms with Crippen LogP contribution in [0.5, 0.6) is 0 Å². The first-order valence-electron chi connectivity index (χ1n) is 7.56. The number of anilines is 1. The SMILES string of the molecule is O=C(NCC(F)(F)F)c1cccc(NC(=O)c2csc(-c3ccsc3)n2)c1. The molecule has 0 unspecified atom stereocenters. The molecule has 3 rings (SSSR count). The maximum absolute atomic E-state index is 12.3. The van der Waals surface area contributed by atoms with Crippen molar-refractivity contribution >= 4 is 40.2 Å². The Balaban J connectivity index is 1.67. The third-order valence-corrected chi connectivity index (χ3v) is 4.91. The minimum absolute atomic E-state index is 0.00860.